The van der Waals surface area contributed by atoms with Crippen molar-refractivity contribution < 1.29 is 14.3 Å². The SMILES string of the molecule is COc1cccc(C(=O)N2CC3COCCN3C3(C2)CN(C2CCN(C)CC2)C3)c1. The molecule has 0 bridgehead atoms. The lowest BCUT2D eigenvalue weighted by Gasteiger charge is -2.65. The van der Waals surface area contributed by atoms with Crippen molar-refractivity contribution in [3.05, 3.63) is 29.8 Å². The van der Waals surface area contributed by atoms with Crippen molar-refractivity contribution in [2.45, 2.75) is 30.5 Å². The van der Waals surface area contributed by atoms with Gasteiger partial charge < -0.3 is 19.3 Å². The van der Waals surface area contributed by atoms with E-state index in [9.17, 15) is 4.79 Å². The van der Waals surface area contributed by atoms with Crippen LogP contribution < -0.4 is 4.74 Å². The number of piperidine rings is 1. The van der Waals surface area contributed by atoms with Crippen LogP contribution in [0.25, 0.3) is 0 Å². The Balaban J connectivity index is 1.33. The average molecular weight is 415 g/mol. The number of morpholine rings is 1. The summed E-state index contributed by atoms with van der Waals surface area (Å²) in [4.78, 5) is 23.2. The maximum atomic E-state index is 13.4. The molecule has 0 radical (unpaired) electrons. The second-order valence-corrected chi connectivity index (χ2v) is 9.50. The summed E-state index contributed by atoms with van der Waals surface area (Å²) in [6.45, 7) is 8.57. The van der Waals surface area contributed by atoms with Crippen LogP contribution in [0.4, 0.5) is 0 Å². The zero-order valence-corrected chi connectivity index (χ0v) is 18.3. The van der Waals surface area contributed by atoms with E-state index in [2.05, 4.69) is 26.6 Å². The number of nitrogens with zero attached hydrogens (tertiary/aromatic N) is 4. The van der Waals surface area contributed by atoms with Crippen molar-refractivity contribution in [1.29, 1.82) is 0 Å². The number of carbonyl (C=O) groups excluding carboxylic acids is 1. The van der Waals surface area contributed by atoms with Crippen molar-refractivity contribution in [3.8, 4) is 5.75 Å². The lowest BCUT2D eigenvalue weighted by Crippen LogP contribution is -2.82. The fraction of sp³-hybridized carbons (Fsp3) is 0.696. The Morgan fingerprint density at radius 1 is 1.13 bits per heavy atom. The summed E-state index contributed by atoms with van der Waals surface area (Å²) in [6, 6.07) is 8.51. The van der Waals surface area contributed by atoms with E-state index in [4.69, 9.17) is 9.47 Å². The Hall–Kier alpha value is -1.67. The monoisotopic (exact) mass is 414 g/mol. The van der Waals surface area contributed by atoms with Crippen LogP contribution in [0.2, 0.25) is 0 Å². The minimum absolute atomic E-state index is 0.0740. The molecule has 1 spiro atoms. The molecule has 30 heavy (non-hydrogen) atoms. The fourth-order valence-corrected chi connectivity index (χ4v) is 5.90. The first-order valence-corrected chi connectivity index (χ1v) is 11.3. The lowest BCUT2D eigenvalue weighted by atomic mass is 9.80. The molecule has 1 atom stereocenters. The van der Waals surface area contributed by atoms with Crippen LogP contribution in [-0.2, 0) is 4.74 Å². The highest BCUT2D eigenvalue weighted by Gasteiger charge is 2.56. The Morgan fingerprint density at radius 2 is 1.93 bits per heavy atom. The minimum Gasteiger partial charge on any atom is -0.497 e. The number of methoxy groups -OCH3 is 1. The average Bonchev–Trinajstić information content (AvgIpc) is 2.77. The van der Waals surface area contributed by atoms with Crippen molar-refractivity contribution >= 4 is 5.91 Å². The molecule has 0 aliphatic carbocycles. The number of carbonyl (C=O) groups is 1. The van der Waals surface area contributed by atoms with Crippen LogP contribution in [0.3, 0.4) is 0 Å². The maximum Gasteiger partial charge on any atom is 0.254 e. The second-order valence-electron chi connectivity index (χ2n) is 9.50. The number of ether oxygens (including phenoxy) is 2. The number of amides is 1. The number of rotatable bonds is 3. The van der Waals surface area contributed by atoms with Crippen LogP contribution in [0.15, 0.2) is 24.3 Å². The molecule has 4 aliphatic rings. The number of hydrogen-bond acceptors (Lipinski definition) is 6. The molecule has 4 aliphatic heterocycles. The van der Waals surface area contributed by atoms with Crippen LogP contribution in [0.1, 0.15) is 23.2 Å². The van der Waals surface area contributed by atoms with Gasteiger partial charge in [0.1, 0.15) is 5.75 Å². The summed E-state index contributed by atoms with van der Waals surface area (Å²) in [7, 11) is 3.86. The lowest BCUT2D eigenvalue weighted by molar-refractivity contribution is -0.169. The molecule has 164 valence electrons. The molecule has 1 unspecified atom stereocenters. The number of benzene rings is 1. The molecule has 4 heterocycles. The van der Waals surface area contributed by atoms with E-state index in [1.54, 1.807) is 7.11 Å². The highest BCUT2D eigenvalue weighted by atomic mass is 16.5. The predicted molar refractivity (Wildman–Crippen MR) is 115 cm³/mol. The zero-order chi connectivity index (χ0) is 20.7. The maximum absolute atomic E-state index is 13.4. The minimum atomic E-state index is 0.0740. The van der Waals surface area contributed by atoms with Gasteiger partial charge in [0, 0.05) is 44.3 Å². The van der Waals surface area contributed by atoms with E-state index < -0.39 is 0 Å². The quantitative estimate of drug-likeness (QED) is 0.736. The second kappa shape index (κ2) is 8.11. The van der Waals surface area contributed by atoms with Crippen LogP contribution in [-0.4, -0.2) is 116 Å². The number of likely N-dealkylation sites (tertiary alicyclic amines) is 2. The summed E-state index contributed by atoms with van der Waals surface area (Å²) < 4.78 is 11.1. The number of fused-ring (bicyclic) bond motifs is 2. The summed E-state index contributed by atoms with van der Waals surface area (Å²) in [6.07, 6.45) is 2.51. The van der Waals surface area contributed by atoms with Crippen molar-refractivity contribution in [2.75, 3.05) is 73.2 Å². The van der Waals surface area contributed by atoms with Gasteiger partial charge in [-0.05, 0) is 51.2 Å². The van der Waals surface area contributed by atoms with Gasteiger partial charge in [-0.15, -0.1) is 0 Å². The van der Waals surface area contributed by atoms with Crippen molar-refractivity contribution in [3.63, 3.8) is 0 Å². The molecule has 7 nitrogen and oxygen atoms in total. The smallest absolute Gasteiger partial charge is 0.254 e. The van der Waals surface area contributed by atoms with E-state index >= 15 is 0 Å². The molecule has 4 saturated heterocycles. The van der Waals surface area contributed by atoms with Gasteiger partial charge in [0.15, 0.2) is 0 Å². The molecular weight excluding hydrogens is 380 g/mol. The Bertz CT molecular complexity index is 773. The van der Waals surface area contributed by atoms with Gasteiger partial charge in [0.05, 0.1) is 31.9 Å². The molecule has 7 heteroatoms. The zero-order valence-electron chi connectivity index (χ0n) is 18.3. The highest BCUT2D eigenvalue weighted by Crippen LogP contribution is 2.38. The molecule has 4 fully saturated rings. The van der Waals surface area contributed by atoms with Crippen LogP contribution in [0, 0.1) is 0 Å². The molecule has 1 aromatic carbocycles. The molecule has 0 N–H and O–H groups in total. The standard InChI is InChI=1S/C23H34N4O3/c1-24-8-6-19(7-9-24)26-16-23(17-26)15-25(13-20-14-30-11-10-27(20)23)22(28)18-4-3-5-21(12-18)29-2/h3-5,12,19-20H,6-11,13-17H2,1-2H3. The topological polar surface area (TPSA) is 48.5 Å². The van der Waals surface area contributed by atoms with Crippen LogP contribution >= 0.6 is 0 Å². The largest absolute Gasteiger partial charge is 0.497 e. The van der Waals surface area contributed by atoms with E-state index in [-0.39, 0.29) is 11.4 Å². The van der Waals surface area contributed by atoms with Crippen LogP contribution in [0.5, 0.6) is 5.75 Å². The summed E-state index contributed by atoms with van der Waals surface area (Å²) in [5.74, 6) is 0.837. The Kier molecular flexibility index (Phi) is 5.47. The molecule has 1 aromatic rings. The summed E-state index contributed by atoms with van der Waals surface area (Å²) >= 11 is 0. The summed E-state index contributed by atoms with van der Waals surface area (Å²) in [5, 5.41) is 0. The van der Waals surface area contributed by atoms with Gasteiger partial charge in [0.2, 0.25) is 0 Å². The molecule has 5 rings (SSSR count). The normalized spacial score (nSPS) is 28.2. The van der Waals surface area contributed by atoms with Gasteiger partial charge in [-0.2, -0.15) is 0 Å². The van der Waals surface area contributed by atoms with Gasteiger partial charge in [0.25, 0.3) is 5.91 Å². The van der Waals surface area contributed by atoms with Crippen molar-refractivity contribution in [2.24, 2.45) is 0 Å². The third kappa shape index (κ3) is 3.62. The summed E-state index contributed by atoms with van der Waals surface area (Å²) in [5.41, 5.74) is 0.783. The van der Waals surface area contributed by atoms with E-state index in [1.165, 1.54) is 25.9 Å². The molecular formula is C23H34N4O3. The number of hydrogen-bond donors (Lipinski definition) is 0. The molecule has 1 amide bonds. The fourth-order valence-electron chi connectivity index (χ4n) is 5.90. The van der Waals surface area contributed by atoms with Gasteiger partial charge >= 0.3 is 0 Å². The van der Waals surface area contributed by atoms with E-state index in [0.717, 1.165) is 51.7 Å². The molecule has 0 saturated carbocycles. The van der Waals surface area contributed by atoms with Gasteiger partial charge in [-0.3, -0.25) is 14.6 Å². The van der Waals surface area contributed by atoms with Gasteiger partial charge in [-0.1, -0.05) is 6.07 Å². The van der Waals surface area contributed by atoms with Crippen molar-refractivity contribution in [1.82, 2.24) is 19.6 Å². The van der Waals surface area contributed by atoms with Gasteiger partial charge in [-0.25, -0.2) is 0 Å². The third-order valence-electron chi connectivity index (χ3n) is 7.56. The predicted octanol–water partition coefficient (Wildman–Crippen LogP) is 1.00. The van der Waals surface area contributed by atoms with E-state index in [0.29, 0.717) is 17.6 Å². The Labute approximate surface area is 179 Å². The highest BCUT2D eigenvalue weighted by molar-refractivity contribution is 5.94. The third-order valence-corrected chi connectivity index (χ3v) is 7.56. The first-order chi connectivity index (χ1) is 14.6. The number of piperazine rings is 1. The van der Waals surface area contributed by atoms with E-state index in [1.807, 2.05) is 24.3 Å². The molecule has 0 aromatic heterocycles. The first-order valence-electron chi connectivity index (χ1n) is 11.3. The Morgan fingerprint density at radius 3 is 2.70 bits per heavy atom. The first kappa shape index (κ1) is 20.2.